The van der Waals surface area contributed by atoms with Gasteiger partial charge in [-0.2, -0.15) is 0 Å². The van der Waals surface area contributed by atoms with Crippen LogP contribution in [0.3, 0.4) is 0 Å². The highest BCUT2D eigenvalue weighted by Crippen LogP contribution is 2.29. The average molecular weight is 350 g/mol. The molecule has 1 aromatic carbocycles. The lowest BCUT2D eigenvalue weighted by Crippen LogP contribution is -2.17. The van der Waals surface area contributed by atoms with Crippen molar-refractivity contribution in [2.45, 2.75) is 20.8 Å². The van der Waals surface area contributed by atoms with Crippen LogP contribution in [0.15, 0.2) is 33.9 Å². The van der Waals surface area contributed by atoms with E-state index in [1.165, 1.54) is 0 Å². The third-order valence-electron chi connectivity index (χ3n) is 3.02. The van der Waals surface area contributed by atoms with Crippen molar-refractivity contribution in [3.63, 3.8) is 0 Å². The largest absolute Gasteiger partial charge is 0.438 e. The van der Waals surface area contributed by atoms with E-state index >= 15 is 0 Å². The molecule has 6 heteroatoms. The fourth-order valence-corrected chi connectivity index (χ4v) is 2.28. The normalized spacial score (nSPS) is 11.5. The van der Waals surface area contributed by atoms with E-state index in [2.05, 4.69) is 26.1 Å². The van der Waals surface area contributed by atoms with Gasteiger partial charge < -0.3 is 15.7 Å². The third kappa shape index (κ3) is 3.33. The number of pyridine rings is 1. The molecule has 0 radical (unpaired) electrons. The molecule has 0 unspecified atom stereocenters. The van der Waals surface area contributed by atoms with E-state index in [9.17, 15) is 0 Å². The maximum atomic E-state index is 8.93. The van der Waals surface area contributed by atoms with Crippen LogP contribution in [-0.4, -0.2) is 16.0 Å². The predicted molar refractivity (Wildman–Crippen MR) is 85.2 cm³/mol. The Bertz CT molecular complexity index is 714. The Morgan fingerprint density at radius 3 is 2.57 bits per heavy atom. The lowest BCUT2D eigenvalue weighted by molar-refractivity contribution is 0.318. The molecule has 0 saturated heterocycles. The molecule has 2 rings (SSSR count). The number of halogens is 1. The Morgan fingerprint density at radius 2 is 1.95 bits per heavy atom. The molecule has 0 bridgehead atoms. The number of nitrogens with zero attached hydrogens (tertiary/aromatic N) is 2. The van der Waals surface area contributed by atoms with Crippen LogP contribution in [0.25, 0.3) is 0 Å². The fourth-order valence-electron chi connectivity index (χ4n) is 2.03. The fraction of sp³-hybridized carbons (Fsp3) is 0.200. The summed E-state index contributed by atoms with van der Waals surface area (Å²) in [4.78, 5) is 4.34. The number of ether oxygens (including phenoxy) is 1. The van der Waals surface area contributed by atoms with E-state index in [0.29, 0.717) is 17.2 Å². The van der Waals surface area contributed by atoms with E-state index < -0.39 is 0 Å². The first-order chi connectivity index (χ1) is 9.92. The molecule has 21 heavy (non-hydrogen) atoms. The molecule has 1 heterocycles. The number of hydrogen-bond acceptors (Lipinski definition) is 4. The van der Waals surface area contributed by atoms with Crippen LogP contribution in [0.1, 0.15) is 22.4 Å². The number of rotatable bonds is 3. The predicted octanol–water partition coefficient (Wildman–Crippen LogP) is 3.66. The van der Waals surface area contributed by atoms with Gasteiger partial charge in [0.1, 0.15) is 5.75 Å². The van der Waals surface area contributed by atoms with Gasteiger partial charge in [0, 0.05) is 10.2 Å². The molecule has 0 aliphatic rings. The summed E-state index contributed by atoms with van der Waals surface area (Å²) in [5.74, 6) is 0.938. The zero-order valence-electron chi connectivity index (χ0n) is 12.0. The van der Waals surface area contributed by atoms with Gasteiger partial charge in [0.15, 0.2) is 5.84 Å². The number of hydrogen-bond donors (Lipinski definition) is 2. The summed E-state index contributed by atoms with van der Waals surface area (Å²) in [6, 6.07) is 7.47. The van der Waals surface area contributed by atoms with E-state index in [1.54, 1.807) is 0 Å². The van der Waals surface area contributed by atoms with Gasteiger partial charge >= 0.3 is 0 Å². The lowest BCUT2D eigenvalue weighted by Gasteiger charge is -2.13. The van der Waals surface area contributed by atoms with Crippen molar-refractivity contribution in [2.75, 3.05) is 0 Å². The number of aryl methyl sites for hydroxylation is 3. The molecular formula is C15H16BrN3O2. The summed E-state index contributed by atoms with van der Waals surface area (Å²) in [5, 5.41) is 12.0. The van der Waals surface area contributed by atoms with Crippen LogP contribution >= 0.6 is 15.9 Å². The molecular weight excluding hydrogens is 334 g/mol. The van der Waals surface area contributed by atoms with Gasteiger partial charge in [0.2, 0.25) is 5.88 Å². The van der Waals surface area contributed by atoms with Gasteiger partial charge in [-0.05, 0) is 56.2 Å². The molecule has 0 fully saturated rings. The van der Waals surface area contributed by atoms with Crippen LogP contribution in [0.5, 0.6) is 11.6 Å². The molecule has 1 aromatic heterocycles. The van der Waals surface area contributed by atoms with Crippen LogP contribution in [0.2, 0.25) is 0 Å². The summed E-state index contributed by atoms with van der Waals surface area (Å²) in [6.45, 7) is 5.70. The Hall–Kier alpha value is -2.08. The van der Waals surface area contributed by atoms with Crippen LogP contribution in [-0.2, 0) is 0 Å². The summed E-state index contributed by atoms with van der Waals surface area (Å²) in [5.41, 5.74) is 8.89. The first-order valence-electron chi connectivity index (χ1n) is 6.32. The van der Waals surface area contributed by atoms with Gasteiger partial charge in [-0.1, -0.05) is 21.1 Å². The van der Waals surface area contributed by atoms with Gasteiger partial charge in [-0.15, -0.1) is 0 Å². The van der Waals surface area contributed by atoms with Gasteiger partial charge in [-0.3, -0.25) is 0 Å². The lowest BCUT2D eigenvalue weighted by atomic mass is 10.1. The minimum Gasteiger partial charge on any atom is -0.438 e. The molecule has 2 aromatic rings. The van der Waals surface area contributed by atoms with Gasteiger partial charge in [-0.25, -0.2) is 4.98 Å². The second-order valence-corrected chi connectivity index (χ2v) is 5.61. The highest BCUT2D eigenvalue weighted by Gasteiger charge is 2.15. The van der Waals surface area contributed by atoms with Crippen molar-refractivity contribution >= 4 is 21.8 Å². The molecule has 0 spiro atoms. The second-order valence-electron chi connectivity index (χ2n) is 4.76. The van der Waals surface area contributed by atoms with Crippen molar-refractivity contribution in [3.8, 4) is 11.6 Å². The zero-order valence-corrected chi connectivity index (χ0v) is 13.6. The number of nitrogens with two attached hydrogens (primary N) is 1. The van der Waals surface area contributed by atoms with Gasteiger partial charge in [0.05, 0.1) is 5.56 Å². The zero-order chi connectivity index (χ0) is 15.6. The Kier molecular flexibility index (Phi) is 4.47. The van der Waals surface area contributed by atoms with Crippen molar-refractivity contribution in [3.05, 3.63) is 51.1 Å². The molecule has 0 saturated carbocycles. The number of aromatic nitrogens is 1. The highest BCUT2D eigenvalue weighted by atomic mass is 79.9. The van der Waals surface area contributed by atoms with Crippen molar-refractivity contribution in [2.24, 2.45) is 10.9 Å². The standard InChI is InChI=1S/C15H16BrN3O2/c1-8-7-11(4-5-12(8)16)21-15-13(14(17)19-20)9(2)6-10(3)18-15/h4-7,20H,1-3H3,(H2,17,19). The van der Waals surface area contributed by atoms with Crippen LogP contribution in [0, 0.1) is 20.8 Å². The van der Waals surface area contributed by atoms with Crippen molar-refractivity contribution in [1.82, 2.24) is 4.98 Å². The summed E-state index contributed by atoms with van der Waals surface area (Å²) in [6.07, 6.45) is 0. The number of oxime groups is 1. The first-order valence-corrected chi connectivity index (χ1v) is 7.12. The molecule has 0 atom stereocenters. The topological polar surface area (TPSA) is 80.7 Å². The van der Waals surface area contributed by atoms with Crippen LogP contribution in [0.4, 0.5) is 0 Å². The second kappa shape index (κ2) is 6.13. The molecule has 110 valence electrons. The molecule has 0 aliphatic carbocycles. The Labute approximate surface area is 131 Å². The van der Waals surface area contributed by atoms with Crippen molar-refractivity contribution < 1.29 is 9.94 Å². The quantitative estimate of drug-likeness (QED) is 0.383. The first kappa shape index (κ1) is 15.3. The highest BCUT2D eigenvalue weighted by molar-refractivity contribution is 9.10. The van der Waals surface area contributed by atoms with E-state index in [1.807, 2.05) is 45.0 Å². The molecule has 5 nitrogen and oxygen atoms in total. The molecule has 0 amide bonds. The minimum absolute atomic E-state index is 0.0242. The molecule has 0 aliphatic heterocycles. The van der Waals surface area contributed by atoms with E-state index in [0.717, 1.165) is 21.3 Å². The maximum absolute atomic E-state index is 8.93. The van der Waals surface area contributed by atoms with E-state index in [-0.39, 0.29) is 5.84 Å². The van der Waals surface area contributed by atoms with Crippen LogP contribution < -0.4 is 10.5 Å². The summed E-state index contributed by atoms with van der Waals surface area (Å²) < 4.78 is 6.83. The SMILES string of the molecule is Cc1cc(C)c(/C(N)=N/O)c(Oc2ccc(Br)c(C)c2)n1. The van der Waals surface area contributed by atoms with E-state index in [4.69, 9.17) is 15.7 Å². The minimum atomic E-state index is -0.0242. The van der Waals surface area contributed by atoms with Crippen molar-refractivity contribution in [1.29, 1.82) is 0 Å². The average Bonchev–Trinajstić information content (AvgIpc) is 2.41. The summed E-state index contributed by atoms with van der Waals surface area (Å²) >= 11 is 3.44. The Balaban J connectivity index is 2.50. The monoisotopic (exact) mass is 349 g/mol. The number of benzene rings is 1. The Morgan fingerprint density at radius 1 is 1.24 bits per heavy atom. The maximum Gasteiger partial charge on any atom is 0.230 e. The smallest absolute Gasteiger partial charge is 0.230 e. The van der Waals surface area contributed by atoms with Gasteiger partial charge in [0.25, 0.3) is 0 Å². The molecule has 3 N–H and O–H groups in total. The third-order valence-corrected chi connectivity index (χ3v) is 3.91. The number of amidine groups is 1. The summed E-state index contributed by atoms with van der Waals surface area (Å²) in [7, 11) is 0.